The molecule has 1 fully saturated rings. The molecule has 5 heteroatoms. The molecule has 1 aliphatic carbocycles. The van der Waals surface area contributed by atoms with Gasteiger partial charge in [0.2, 0.25) is 17.7 Å². The number of para-hydroxylation sites is 1. The van der Waals surface area contributed by atoms with Gasteiger partial charge in [0, 0.05) is 5.69 Å². The standard InChI is InChI=1S/C19H22N2O3/c1-3-13-8-6-7-12(2)17(13)20-16(22)11-21-18(23)14-9-4-5-10-15(14)19(21)24/h4-8,14-15H,3,9-11H2,1-2H3,(H,20,22). The second kappa shape index (κ2) is 6.59. The summed E-state index contributed by atoms with van der Waals surface area (Å²) in [5, 5.41) is 2.88. The van der Waals surface area contributed by atoms with Crippen molar-refractivity contribution in [3.05, 3.63) is 41.5 Å². The Kier molecular flexibility index (Phi) is 4.51. The Balaban J connectivity index is 1.72. The Hall–Kier alpha value is -2.43. The number of carbonyl (C=O) groups excluding carboxylic acids is 3. The molecule has 1 aromatic carbocycles. The van der Waals surface area contributed by atoms with Crippen LogP contribution < -0.4 is 5.32 Å². The van der Waals surface area contributed by atoms with Crippen LogP contribution in [0.5, 0.6) is 0 Å². The number of rotatable bonds is 4. The van der Waals surface area contributed by atoms with Gasteiger partial charge >= 0.3 is 0 Å². The highest BCUT2D eigenvalue weighted by atomic mass is 16.2. The number of amides is 3. The molecule has 3 rings (SSSR count). The number of hydrogen-bond acceptors (Lipinski definition) is 3. The highest BCUT2D eigenvalue weighted by molar-refractivity contribution is 6.09. The van der Waals surface area contributed by atoms with Gasteiger partial charge in [-0.25, -0.2) is 0 Å². The minimum absolute atomic E-state index is 0.206. The fraction of sp³-hybridized carbons (Fsp3) is 0.421. The first kappa shape index (κ1) is 16.4. The van der Waals surface area contributed by atoms with Crippen LogP contribution in [0.15, 0.2) is 30.4 Å². The molecule has 24 heavy (non-hydrogen) atoms. The minimum Gasteiger partial charge on any atom is -0.324 e. The molecule has 1 aromatic rings. The van der Waals surface area contributed by atoms with E-state index in [0.29, 0.717) is 12.8 Å². The summed E-state index contributed by atoms with van der Waals surface area (Å²) in [6.45, 7) is 3.75. The largest absolute Gasteiger partial charge is 0.324 e. The Morgan fingerprint density at radius 2 is 1.79 bits per heavy atom. The van der Waals surface area contributed by atoms with Gasteiger partial charge < -0.3 is 5.32 Å². The average molecular weight is 326 g/mol. The summed E-state index contributed by atoms with van der Waals surface area (Å²) in [4.78, 5) is 38.4. The third-order valence-electron chi connectivity index (χ3n) is 4.90. The number of nitrogens with one attached hydrogen (secondary N) is 1. The molecule has 2 atom stereocenters. The van der Waals surface area contributed by atoms with Crippen molar-refractivity contribution < 1.29 is 14.4 Å². The third-order valence-corrected chi connectivity index (χ3v) is 4.90. The van der Waals surface area contributed by atoms with Crippen LogP contribution in [-0.2, 0) is 20.8 Å². The van der Waals surface area contributed by atoms with E-state index in [9.17, 15) is 14.4 Å². The number of anilines is 1. The topological polar surface area (TPSA) is 66.5 Å². The number of carbonyl (C=O) groups is 3. The van der Waals surface area contributed by atoms with E-state index in [1.807, 2.05) is 44.2 Å². The van der Waals surface area contributed by atoms with Crippen molar-refractivity contribution in [3.63, 3.8) is 0 Å². The highest BCUT2D eigenvalue weighted by Gasteiger charge is 2.47. The molecular weight excluding hydrogens is 304 g/mol. The molecule has 2 unspecified atom stereocenters. The fourth-order valence-electron chi connectivity index (χ4n) is 3.55. The second-order valence-corrected chi connectivity index (χ2v) is 6.43. The molecule has 1 aliphatic heterocycles. The van der Waals surface area contributed by atoms with Crippen molar-refractivity contribution in [2.24, 2.45) is 11.8 Å². The lowest BCUT2D eigenvalue weighted by Gasteiger charge is -2.17. The number of imide groups is 1. The average Bonchev–Trinajstić information content (AvgIpc) is 2.82. The molecular formula is C19H22N2O3. The van der Waals surface area contributed by atoms with E-state index in [2.05, 4.69) is 5.32 Å². The van der Waals surface area contributed by atoms with Crippen LogP contribution in [0.2, 0.25) is 0 Å². The molecule has 0 aromatic heterocycles. The van der Waals surface area contributed by atoms with E-state index in [-0.39, 0.29) is 36.1 Å². The van der Waals surface area contributed by atoms with Crippen molar-refractivity contribution >= 4 is 23.4 Å². The Morgan fingerprint density at radius 1 is 1.17 bits per heavy atom. The SMILES string of the molecule is CCc1cccc(C)c1NC(=O)CN1C(=O)C2CC=CCC2C1=O. The lowest BCUT2D eigenvalue weighted by Crippen LogP contribution is -2.38. The maximum atomic E-state index is 12.4. The Bertz CT molecular complexity index is 697. The lowest BCUT2D eigenvalue weighted by atomic mass is 9.85. The summed E-state index contributed by atoms with van der Waals surface area (Å²) >= 11 is 0. The molecule has 5 nitrogen and oxygen atoms in total. The van der Waals surface area contributed by atoms with Gasteiger partial charge in [-0.05, 0) is 37.3 Å². The fourth-order valence-corrected chi connectivity index (χ4v) is 3.55. The van der Waals surface area contributed by atoms with Crippen LogP contribution in [0.25, 0.3) is 0 Å². The van der Waals surface area contributed by atoms with Gasteiger partial charge in [-0.15, -0.1) is 0 Å². The van der Waals surface area contributed by atoms with E-state index in [1.54, 1.807) is 0 Å². The van der Waals surface area contributed by atoms with Gasteiger partial charge in [0.1, 0.15) is 6.54 Å². The normalized spacial score (nSPS) is 22.7. The zero-order valence-corrected chi connectivity index (χ0v) is 14.0. The summed E-state index contributed by atoms with van der Waals surface area (Å²) in [5.41, 5.74) is 2.79. The molecule has 0 saturated carbocycles. The number of hydrogen-bond donors (Lipinski definition) is 1. The highest BCUT2D eigenvalue weighted by Crippen LogP contribution is 2.34. The maximum absolute atomic E-state index is 12.4. The summed E-state index contributed by atoms with van der Waals surface area (Å²) in [5.74, 6) is -1.35. The molecule has 1 N–H and O–H groups in total. The van der Waals surface area contributed by atoms with Crippen LogP contribution >= 0.6 is 0 Å². The number of allylic oxidation sites excluding steroid dienone is 2. The quantitative estimate of drug-likeness (QED) is 0.683. The predicted octanol–water partition coefficient (Wildman–Crippen LogP) is 2.45. The van der Waals surface area contributed by atoms with Crippen LogP contribution in [0, 0.1) is 18.8 Å². The van der Waals surface area contributed by atoms with Crippen LogP contribution in [0.1, 0.15) is 30.9 Å². The molecule has 0 spiro atoms. The molecule has 1 heterocycles. The second-order valence-electron chi connectivity index (χ2n) is 6.43. The number of likely N-dealkylation sites (tertiary alicyclic amines) is 1. The molecule has 0 radical (unpaired) electrons. The number of aryl methyl sites for hydroxylation is 2. The van der Waals surface area contributed by atoms with E-state index in [0.717, 1.165) is 28.1 Å². The molecule has 126 valence electrons. The first-order valence-corrected chi connectivity index (χ1v) is 8.41. The van der Waals surface area contributed by atoms with Gasteiger partial charge in [0.15, 0.2) is 0 Å². The van der Waals surface area contributed by atoms with Crippen LogP contribution in [-0.4, -0.2) is 29.2 Å². The smallest absolute Gasteiger partial charge is 0.244 e. The van der Waals surface area contributed by atoms with Gasteiger partial charge in [-0.1, -0.05) is 37.3 Å². The Labute approximate surface area is 141 Å². The lowest BCUT2D eigenvalue weighted by molar-refractivity contribution is -0.142. The Morgan fingerprint density at radius 3 is 2.38 bits per heavy atom. The van der Waals surface area contributed by atoms with Crippen LogP contribution in [0.3, 0.4) is 0 Å². The first-order valence-electron chi connectivity index (χ1n) is 8.41. The molecule has 0 bridgehead atoms. The third kappa shape index (κ3) is 2.86. The van der Waals surface area contributed by atoms with Gasteiger partial charge in [-0.2, -0.15) is 0 Å². The van der Waals surface area contributed by atoms with Crippen molar-refractivity contribution in [3.8, 4) is 0 Å². The number of fused-ring (bicyclic) bond motifs is 1. The van der Waals surface area contributed by atoms with Crippen molar-refractivity contribution in [1.82, 2.24) is 4.90 Å². The van der Waals surface area contributed by atoms with E-state index >= 15 is 0 Å². The van der Waals surface area contributed by atoms with E-state index < -0.39 is 0 Å². The number of benzene rings is 1. The minimum atomic E-state index is -0.327. The van der Waals surface area contributed by atoms with E-state index in [1.165, 1.54) is 0 Å². The summed E-state index contributed by atoms with van der Waals surface area (Å²) in [6, 6.07) is 5.85. The van der Waals surface area contributed by atoms with Crippen molar-refractivity contribution in [2.75, 3.05) is 11.9 Å². The molecule has 2 aliphatic rings. The van der Waals surface area contributed by atoms with Gasteiger partial charge in [0.25, 0.3) is 0 Å². The zero-order valence-electron chi connectivity index (χ0n) is 14.0. The summed E-state index contributed by atoms with van der Waals surface area (Å²) in [7, 11) is 0. The van der Waals surface area contributed by atoms with Crippen molar-refractivity contribution in [1.29, 1.82) is 0 Å². The molecule has 1 saturated heterocycles. The summed E-state index contributed by atoms with van der Waals surface area (Å²) < 4.78 is 0. The maximum Gasteiger partial charge on any atom is 0.244 e. The zero-order chi connectivity index (χ0) is 17.3. The van der Waals surface area contributed by atoms with Gasteiger partial charge in [-0.3, -0.25) is 19.3 Å². The van der Waals surface area contributed by atoms with Crippen molar-refractivity contribution in [2.45, 2.75) is 33.1 Å². The summed E-state index contributed by atoms with van der Waals surface area (Å²) in [6.07, 6.45) is 5.86. The monoisotopic (exact) mass is 326 g/mol. The van der Waals surface area contributed by atoms with Crippen LogP contribution in [0.4, 0.5) is 5.69 Å². The van der Waals surface area contributed by atoms with E-state index in [4.69, 9.17) is 0 Å². The number of nitrogens with zero attached hydrogens (tertiary/aromatic N) is 1. The first-order chi connectivity index (χ1) is 11.5. The molecule has 3 amide bonds. The van der Waals surface area contributed by atoms with Gasteiger partial charge in [0.05, 0.1) is 11.8 Å². The predicted molar refractivity (Wildman–Crippen MR) is 91.3 cm³/mol.